The molecule has 3 fully saturated rings. The van der Waals surface area contributed by atoms with Gasteiger partial charge in [-0.15, -0.1) is 0 Å². The Balaban J connectivity index is 1.39. The predicted molar refractivity (Wildman–Crippen MR) is 118 cm³/mol. The smallest absolute Gasteiger partial charge is 0.409 e. The van der Waals surface area contributed by atoms with Gasteiger partial charge in [-0.3, -0.25) is 9.69 Å². The van der Waals surface area contributed by atoms with E-state index in [2.05, 4.69) is 17.0 Å². The summed E-state index contributed by atoms with van der Waals surface area (Å²) in [5, 5.41) is 0. The van der Waals surface area contributed by atoms with E-state index >= 15 is 0 Å². The monoisotopic (exact) mass is 429 g/mol. The van der Waals surface area contributed by atoms with Crippen LogP contribution in [0.5, 0.6) is 0 Å². The maximum absolute atomic E-state index is 13.2. The molecular formula is C24H35N3O4. The van der Waals surface area contributed by atoms with Crippen molar-refractivity contribution in [3.63, 3.8) is 0 Å². The normalized spacial score (nSPS) is 23.6. The first-order chi connectivity index (χ1) is 15.1. The highest BCUT2D eigenvalue weighted by molar-refractivity contribution is 5.78. The molecule has 3 aliphatic rings. The number of carbonyl (C=O) groups is 2. The fourth-order valence-electron chi connectivity index (χ4n) is 4.53. The third-order valence-corrected chi connectivity index (χ3v) is 6.54. The maximum Gasteiger partial charge on any atom is 0.409 e. The van der Waals surface area contributed by atoms with Crippen LogP contribution in [0.15, 0.2) is 30.3 Å². The Morgan fingerprint density at radius 3 is 2.48 bits per heavy atom. The molecule has 7 heteroatoms. The van der Waals surface area contributed by atoms with Crippen LogP contribution in [-0.2, 0) is 20.8 Å². The predicted octanol–water partition coefficient (Wildman–Crippen LogP) is 2.75. The molecule has 1 saturated carbocycles. The molecule has 0 unspecified atom stereocenters. The number of likely N-dealkylation sites (tertiary alicyclic amines) is 1. The van der Waals surface area contributed by atoms with Crippen LogP contribution >= 0.6 is 0 Å². The van der Waals surface area contributed by atoms with Crippen LogP contribution in [0, 0.1) is 5.92 Å². The molecule has 1 aliphatic carbocycles. The first-order valence-corrected chi connectivity index (χ1v) is 11.7. The summed E-state index contributed by atoms with van der Waals surface area (Å²) in [7, 11) is 0. The minimum absolute atomic E-state index is 0.0267. The SMILES string of the molecule is CCOC(=O)N1CCC(N2CC(=O)N(Cc3ccccc3)C[C@@H](OCC3CC3)C2)CC1. The highest BCUT2D eigenvalue weighted by atomic mass is 16.6. The Morgan fingerprint density at radius 2 is 1.81 bits per heavy atom. The zero-order valence-corrected chi connectivity index (χ0v) is 18.6. The summed E-state index contributed by atoms with van der Waals surface area (Å²) < 4.78 is 11.4. The van der Waals surface area contributed by atoms with Crippen molar-refractivity contribution < 1.29 is 19.1 Å². The fourth-order valence-corrected chi connectivity index (χ4v) is 4.53. The summed E-state index contributed by atoms with van der Waals surface area (Å²) in [5.41, 5.74) is 1.15. The molecule has 0 spiro atoms. The van der Waals surface area contributed by atoms with Crippen molar-refractivity contribution in [3.8, 4) is 0 Å². The molecule has 1 atom stereocenters. The van der Waals surface area contributed by atoms with Crippen LogP contribution in [0.4, 0.5) is 4.79 Å². The second kappa shape index (κ2) is 10.5. The lowest BCUT2D eigenvalue weighted by Gasteiger charge is -2.38. The average Bonchev–Trinajstić information content (AvgIpc) is 3.62. The molecule has 2 aliphatic heterocycles. The van der Waals surface area contributed by atoms with E-state index in [-0.39, 0.29) is 18.1 Å². The molecule has 0 N–H and O–H groups in total. The first kappa shape index (κ1) is 22.1. The van der Waals surface area contributed by atoms with Crippen molar-refractivity contribution in [2.45, 2.75) is 51.3 Å². The van der Waals surface area contributed by atoms with E-state index in [1.165, 1.54) is 12.8 Å². The summed E-state index contributed by atoms with van der Waals surface area (Å²) >= 11 is 0. The summed E-state index contributed by atoms with van der Waals surface area (Å²) in [6, 6.07) is 10.5. The van der Waals surface area contributed by atoms with Gasteiger partial charge in [0, 0.05) is 45.4 Å². The number of piperidine rings is 1. The molecule has 2 heterocycles. The molecule has 31 heavy (non-hydrogen) atoms. The molecule has 2 amide bonds. The minimum Gasteiger partial charge on any atom is -0.450 e. The second-order valence-electron chi connectivity index (χ2n) is 9.01. The number of carbonyl (C=O) groups excluding carboxylic acids is 2. The molecule has 0 radical (unpaired) electrons. The van der Waals surface area contributed by atoms with Crippen LogP contribution in [0.3, 0.4) is 0 Å². The van der Waals surface area contributed by atoms with Crippen LogP contribution in [0.25, 0.3) is 0 Å². The van der Waals surface area contributed by atoms with Crippen LogP contribution in [0.2, 0.25) is 0 Å². The second-order valence-corrected chi connectivity index (χ2v) is 9.01. The zero-order chi connectivity index (χ0) is 21.6. The van der Waals surface area contributed by atoms with E-state index < -0.39 is 0 Å². The summed E-state index contributed by atoms with van der Waals surface area (Å²) in [6.45, 7) is 6.83. The highest BCUT2D eigenvalue weighted by Gasteiger charge is 2.35. The van der Waals surface area contributed by atoms with Crippen LogP contribution in [0.1, 0.15) is 38.2 Å². The molecule has 7 nitrogen and oxygen atoms in total. The third-order valence-electron chi connectivity index (χ3n) is 6.54. The Hall–Kier alpha value is -2.12. The fraction of sp³-hybridized carbons (Fsp3) is 0.667. The van der Waals surface area contributed by atoms with E-state index in [0.717, 1.165) is 31.6 Å². The number of benzene rings is 1. The van der Waals surface area contributed by atoms with Gasteiger partial charge in [-0.1, -0.05) is 30.3 Å². The Kier molecular flexibility index (Phi) is 7.45. The van der Waals surface area contributed by atoms with Gasteiger partial charge in [0.1, 0.15) is 0 Å². The molecular weight excluding hydrogens is 394 g/mol. The average molecular weight is 430 g/mol. The highest BCUT2D eigenvalue weighted by Crippen LogP contribution is 2.30. The van der Waals surface area contributed by atoms with E-state index in [1.807, 2.05) is 30.0 Å². The molecule has 1 aromatic carbocycles. The molecule has 0 aromatic heterocycles. The molecule has 0 bridgehead atoms. The van der Waals surface area contributed by atoms with Crippen molar-refractivity contribution in [1.29, 1.82) is 0 Å². The summed E-state index contributed by atoms with van der Waals surface area (Å²) in [4.78, 5) is 31.2. The van der Waals surface area contributed by atoms with Gasteiger partial charge in [0.25, 0.3) is 0 Å². The topological polar surface area (TPSA) is 62.3 Å². The van der Waals surface area contributed by atoms with Crippen molar-refractivity contribution >= 4 is 12.0 Å². The van der Waals surface area contributed by atoms with Gasteiger partial charge in [-0.05, 0) is 44.1 Å². The Morgan fingerprint density at radius 1 is 1.06 bits per heavy atom. The summed E-state index contributed by atoms with van der Waals surface area (Å²) in [5.74, 6) is 0.858. The maximum atomic E-state index is 13.2. The Labute approximate surface area is 185 Å². The van der Waals surface area contributed by atoms with Crippen molar-refractivity contribution in [3.05, 3.63) is 35.9 Å². The standard InChI is InChI=1S/C24H35N3O4/c1-2-30-24(29)25-12-10-21(11-13-25)26-15-22(31-18-20-8-9-20)16-27(23(28)17-26)14-19-6-4-3-5-7-19/h3-7,20-22H,2,8-18H2,1H3/t22-/m0/s1. The lowest BCUT2D eigenvalue weighted by atomic mass is 10.0. The van der Waals surface area contributed by atoms with Gasteiger partial charge in [-0.2, -0.15) is 0 Å². The van der Waals surface area contributed by atoms with E-state index in [4.69, 9.17) is 9.47 Å². The lowest BCUT2D eigenvalue weighted by molar-refractivity contribution is -0.132. The number of amides is 2. The van der Waals surface area contributed by atoms with Crippen molar-refractivity contribution in [2.24, 2.45) is 5.92 Å². The summed E-state index contributed by atoms with van der Waals surface area (Å²) in [6.07, 6.45) is 4.04. The van der Waals surface area contributed by atoms with Gasteiger partial charge in [0.15, 0.2) is 0 Å². The van der Waals surface area contributed by atoms with Gasteiger partial charge < -0.3 is 19.3 Å². The molecule has 4 rings (SSSR count). The van der Waals surface area contributed by atoms with E-state index in [9.17, 15) is 9.59 Å². The number of nitrogens with zero attached hydrogens (tertiary/aromatic N) is 3. The molecule has 1 aromatic rings. The molecule has 2 saturated heterocycles. The van der Waals surface area contributed by atoms with Gasteiger partial charge in [0.2, 0.25) is 5.91 Å². The Bertz CT molecular complexity index is 732. The van der Waals surface area contributed by atoms with E-state index in [1.54, 1.807) is 4.90 Å². The largest absolute Gasteiger partial charge is 0.450 e. The number of rotatable bonds is 7. The minimum atomic E-state index is -0.229. The van der Waals surface area contributed by atoms with Crippen molar-refractivity contribution in [1.82, 2.24) is 14.7 Å². The number of ether oxygens (including phenoxy) is 2. The first-order valence-electron chi connectivity index (χ1n) is 11.7. The third kappa shape index (κ3) is 6.20. The van der Waals surface area contributed by atoms with Crippen LogP contribution < -0.4 is 0 Å². The van der Waals surface area contributed by atoms with E-state index in [0.29, 0.717) is 51.3 Å². The van der Waals surface area contributed by atoms with Gasteiger partial charge >= 0.3 is 6.09 Å². The number of hydrogen-bond donors (Lipinski definition) is 0. The van der Waals surface area contributed by atoms with Crippen LogP contribution in [-0.4, -0.2) is 84.8 Å². The van der Waals surface area contributed by atoms with Gasteiger partial charge in [-0.25, -0.2) is 4.79 Å². The quantitative estimate of drug-likeness (QED) is 0.667. The van der Waals surface area contributed by atoms with Crippen molar-refractivity contribution in [2.75, 3.05) is 45.9 Å². The number of hydrogen-bond acceptors (Lipinski definition) is 5. The zero-order valence-electron chi connectivity index (χ0n) is 18.6. The molecule has 170 valence electrons. The lowest BCUT2D eigenvalue weighted by Crippen LogP contribution is -2.49. The van der Waals surface area contributed by atoms with Gasteiger partial charge in [0.05, 0.1) is 19.3 Å².